The van der Waals surface area contributed by atoms with Crippen LogP contribution in [0.4, 0.5) is 5.82 Å². The maximum atomic E-state index is 12.5. The molecule has 0 aliphatic heterocycles. The van der Waals surface area contributed by atoms with Gasteiger partial charge in [0.1, 0.15) is 10.8 Å². The molecule has 4 aromatic rings. The molecule has 5 nitrogen and oxygen atoms in total. The average Bonchev–Trinajstić information content (AvgIpc) is 3.45. The van der Waals surface area contributed by atoms with E-state index in [1.165, 1.54) is 5.56 Å². The quantitative estimate of drug-likeness (QED) is 0.475. The van der Waals surface area contributed by atoms with Crippen LogP contribution in [0.3, 0.4) is 0 Å². The molecule has 0 saturated heterocycles. The lowest BCUT2D eigenvalue weighted by Crippen LogP contribution is -2.18. The summed E-state index contributed by atoms with van der Waals surface area (Å²) in [5.74, 6) is 0.600. The van der Waals surface area contributed by atoms with Crippen LogP contribution < -0.4 is 5.32 Å². The molecule has 0 fully saturated rings. The minimum atomic E-state index is -0.0924. The summed E-state index contributed by atoms with van der Waals surface area (Å²) in [5, 5.41) is 14.3. The third kappa shape index (κ3) is 4.37. The van der Waals surface area contributed by atoms with E-state index in [-0.39, 0.29) is 12.3 Å². The number of hydrogen-bond donors (Lipinski definition) is 1. The van der Waals surface area contributed by atoms with E-state index < -0.39 is 0 Å². The van der Waals surface area contributed by atoms with Gasteiger partial charge < -0.3 is 5.32 Å². The highest BCUT2D eigenvalue weighted by molar-refractivity contribution is 7.14. The first-order chi connectivity index (χ1) is 13.7. The highest BCUT2D eigenvalue weighted by Crippen LogP contribution is 2.26. The summed E-state index contributed by atoms with van der Waals surface area (Å²) in [6.45, 7) is 2.76. The standard InChI is InChI=1S/C21H20N4OS2/c1-2-15-3-5-16(6-4-15)12-25-19(7-9-22-25)24-20(26)11-18-14-28-21(23-18)17-8-10-27-13-17/h3-10,13-14H,2,11-12H2,1H3,(H,24,26). The second-order valence-corrected chi connectivity index (χ2v) is 8.06. The Kier molecular flexibility index (Phi) is 5.64. The van der Waals surface area contributed by atoms with E-state index in [1.807, 2.05) is 22.9 Å². The summed E-state index contributed by atoms with van der Waals surface area (Å²) in [6.07, 6.45) is 2.97. The first-order valence-corrected chi connectivity index (χ1v) is 10.9. The molecule has 0 radical (unpaired) electrons. The van der Waals surface area contributed by atoms with E-state index in [4.69, 9.17) is 0 Å². The van der Waals surface area contributed by atoms with Crippen molar-refractivity contribution in [1.82, 2.24) is 14.8 Å². The van der Waals surface area contributed by atoms with Crippen LogP contribution in [0, 0.1) is 0 Å². The molecule has 0 bridgehead atoms. The van der Waals surface area contributed by atoms with Gasteiger partial charge in [0, 0.05) is 22.4 Å². The summed E-state index contributed by atoms with van der Waals surface area (Å²) in [6, 6.07) is 12.3. The average molecular weight is 409 g/mol. The second kappa shape index (κ2) is 8.50. The largest absolute Gasteiger partial charge is 0.311 e. The lowest BCUT2D eigenvalue weighted by atomic mass is 10.1. The number of aryl methyl sites for hydroxylation is 1. The molecule has 7 heteroatoms. The van der Waals surface area contributed by atoms with E-state index in [0.717, 1.165) is 28.2 Å². The van der Waals surface area contributed by atoms with Crippen molar-refractivity contribution in [2.24, 2.45) is 0 Å². The van der Waals surface area contributed by atoms with Crippen molar-refractivity contribution >= 4 is 34.4 Å². The van der Waals surface area contributed by atoms with E-state index in [9.17, 15) is 4.79 Å². The number of benzene rings is 1. The Labute approximate surface area is 171 Å². The first kappa shape index (κ1) is 18.6. The van der Waals surface area contributed by atoms with Gasteiger partial charge in [0.25, 0.3) is 0 Å². The fraction of sp³-hybridized carbons (Fsp3) is 0.190. The lowest BCUT2D eigenvalue weighted by Gasteiger charge is -2.09. The molecular weight excluding hydrogens is 388 g/mol. The highest BCUT2D eigenvalue weighted by atomic mass is 32.1. The van der Waals surface area contributed by atoms with Crippen LogP contribution in [0.15, 0.2) is 58.7 Å². The van der Waals surface area contributed by atoms with Gasteiger partial charge in [-0.05, 0) is 29.0 Å². The Morgan fingerprint density at radius 1 is 1.11 bits per heavy atom. The topological polar surface area (TPSA) is 59.8 Å². The fourth-order valence-corrected chi connectivity index (χ4v) is 4.41. The number of amides is 1. The maximum Gasteiger partial charge on any atom is 0.231 e. The molecule has 1 amide bonds. The molecule has 3 aromatic heterocycles. The predicted molar refractivity (Wildman–Crippen MR) is 115 cm³/mol. The van der Waals surface area contributed by atoms with Crippen molar-refractivity contribution < 1.29 is 4.79 Å². The molecule has 0 unspecified atom stereocenters. The number of carbonyl (C=O) groups excluding carboxylic acids is 1. The highest BCUT2D eigenvalue weighted by Gasteiger charge is 2.12. The summed E-state index contributed by atoms with van der Waals surface area (Å²) in [7, 11) is 0. The molecule has 4 rings (SSSR count). The van der Waals surface area contributed by atoms with Gasteiger partial charge in [-0.1, -0.05) is 31.2 Å². The van der Waals surface area contributed by atoms with Gasteiger partial charge in [0.2, 0.25) is 5.91 Å². The van der Waals surface area contributed by atoms with E-state index in [0.29, 0.717) is 12.4 Å². The normalized spacial score (nSPS) is 10.9. The van der Waals surface area contributed by atoms with Crippen molar-refractivity contribution in [3.8, 4) is 10.6 Å². The molecule has 1 N–H and O–H groups in total. The number of hydrogen-bond acceptors (Lipinski definition) is 5. The first-order valence-electron chi connectivity index (χ1n) is 9.07. The predicted octanol–water partition coefficient (Wildman–Crippen LogP) is 4.86. The third-order valence-corrected chi connectivity index (χ3v) is 6.03. The molecule has 28 heavy (non-hydrogen) atoms. The summed E-state index contributed by atoms with van der Waals surface area (Å²) < 4.78 is 1.80. The zero-order valence-electron chi connectivity index (χ0n) is 15.5. The summed E-state index contributed by atoms with van der Waals surface area (Å²) in [5.41, 5.74) is 4.35. The van der Waals surface area contributed by atoms with Crippen molar-refractivity contribution in [3.05, 3.63) is 75.6 Å². The maximum absolute atomic E-state index is 12.5. The van der Waals surface area contributed by atoms with Crippen LogP contribution in [0.25, 0.3) is 10.6 Å². The Balaban J connectivity index is 1.39. The van der Waals surface area contributed by atoms with Gasteiger partial charge in [-0.2, -0.15) is 16.4 Å². The third-order valence-electron chi connectivity index (χ3n) is 4.41. The van der Waals surface area contributed by atoms with Gasteiger partial charge in [0.05, 0.1) is 24.9 Å². The van der Waals surface area contributed by atoms with Crippen LogP contribution in [0.5, 0.6) is 0 Å². The number of carbonyl (C=O) groups is 1. The minimum Gasteiger partial charge on any atom is -0.311 e. The zero-order valence-corrected chi connectivity index (χ0v) is 17.1. The minimum absolute atomic E-state index is 0.0924. The monoisotopic (exact) mass is 408 g/mol. The van der Waals surface area contributed by atoms with Gasteiger partial charge in [-0.25, -0.2) is 9.67 Å². The van der Waals surface area contributed by atoms with Crippen LogP contribution in [-0.2, 0) is 24.2 Å². The summed E-state index contributed by atoms with van der Waals surface area (Å²) in [4.78, 5) is 17.0. The molecule has 1 aromatic carbocycles. The van der Waals surface area contributed by atoms with Crippen LogP contribution in [0.1, 0.15) is 23.7 Å². The number of thiophene rings is 1. The number of thiazole rings is 1. The Hall–Kier alpha value is -2.77. The summed E-state index contributed by atoms with van der Waals surface area (Å²) >= 11 is 3.21. The molecule has 0 atom stereocenters. The second-order valence-electron chi connectivity index (χ2n) is 6.43. The number of rotatable bonds is 7. The van der Waals surface area contributed by atoms with E-state index >= 15 is 0 Å². The van der Waals surface area contributed by atoms with Gasteiger partial charge >= 0.3 is 0 Å². The van der Waals surface area contributed by atoms with Crippen molar-refractivity contribution in [3.63, 3.8) is 0 Å². The van der Waals surface area contributed by atoms with Gasteiger partial charge in [-0.3, -0.25) is 4.79 Å². The molecular formula is C21H20N4OS2. The molecule has 0 saturated carbocycles. The Bertz CT molecular complexity index is 1050. The lowest BCUT2D eigenvalue weighted by molar-refractivity contribution is -0.115. The molecule has 0 aliphatic carbocycles. The van der Waals surface area contributed by atoms with Crippen molar-refractivity contribution in [1.29, 1.82) is 0 Å². The Morgan fingerprint density at radius 3 is 2.68 bits per heavy atom. The molecule has 0 spiro atoms. The fourth-order valence-electron chi connectivity index (χ4n) is 2.88. The van der Waals surface area contributed by atoms with Crippen LogP contribution in [0.2, 0.25) is 0 Å². The molecule has 3 heterocycles. The number of aromatic nitrogens is 3. The van der Waals surface area contributed by atoms with Gasteiger partial charge in [0.15, 0.2) is 0 Å². The van der Waals surface area contributed by atoms with Gasteiger partial charge in [-0.15, -0.1) is 11.3 Å². The van der Waals surface area contributed by atoms with E-state index in [2.05, 4.69) is 52.0 Å². The smallest absolute Gasteiger partial charge is 0.231 e. The zero-order chi connectivity index (χ0) is 19.3. The Morgan fingerprint density at radius 2 is 1.93 bits per heavy atom. The molecule has 0 aliphatic rings. The number of nitrogens with one attached hydrogen (secondary N) is 1. The van der Waals surface area contributed by atoms with Crippen LogP contribution in [-0.4, -0.2) is 20.7 Å². The van der Waals surface area contributed by atoms with Crippen molar-refractivity contribution in [2.45, 2.75) is 26.3 Å². The van der Waals surface area contributed by atoms with Crippen molar-refractivity contribution in [2.75, 3.05) is 5.32 Å². The SMILES string of the molecule is CCc1ccc(Cn2nccc2NC(=O)Cc2csc(-c3ccsc3)n2)cc1. The number of nitrogens with zero attached hydrogens (tertiary/aromatic N) is 3. The molecule has 142 valence electrons. The van der Waals surface area contributed by atoms with E-state index in [1.54, 1.807) is 33.6 Å². The number of anilines is 1. The van der Waals surface area contributed by atoms with Crippen LogP contribution >= 0.6 is 22.7 Å².